The predicted molar refractivity (Wildman–Crippen MR) is 325 cm³/mol. The Kier molecular flexibility index (Phi) is 61.2. The molecule has 0 aromatic rings. The van der Waals surface area contributed by atoms with E-state index in [4.69, 9.17) is 14.2 Å². The summed E-state index contributed by atoms with van der Waals surface area (Å²) in [6.45, 7) is 6.57. The zero-order valence-corrected chi connectivity index (χ0v) is 50.1. The molecule has 0 bridgehead atoms. The molecule has 0 spiro atoms. The van der Waals surface area contributed by atoms with Gasteiger partial charge in [-0.1, -0.05) is 319 Å². The van der Waals surface area contributed by atoms with Crippen molar-refractivity contribution in [2.24, 2.45) is 0 Å². The number of hydrogen-bond acceptors (Lipinski definition) is 6. The maximum Gasteiger partial charge on any atom is 0.306 e. The first-order valence-corrected chi connectivity index (χ1v) is 32.8. The number of rotatable bonds is 60. The van der Waals surface area contributed by atoms with E-state index in [2.05, 4.69) is 81.5 Å². The van der Waals surface area contributed by atoms with E-state index in [1.807, 2.05) is 0 Å². The number of carbonyl (C=O) groups is 3. The second kappa shape index (κ2) is 63.6. The van der Waals surface area contributed by atoms with Gasteiger partial charge in [0.2, 0.25) is 0 Å². The van der Waals surface area contributed by atoms with Crippen LogP contribution in [0.25, 0.3) is 0 Å². The summed E-state index contributed by atoms with van der Waals surface area (Å²) in [6, 6.07) is 0. The summed E-state index contributed by atoms with van der Waals surface area (Å²) in [6.07, 6.45) is 80.9. The summed E-state index contributed by atoms with van der Waals surface area (Å²) in [4.78, 5) is 38.3. The molecule has 0 aliphatic carbocycles. The first-order valence-electron chi connectivity index (χ1n) is 32.8. The molecule has 0 aromatic carbocycles. The topological polar surface area (TPSA) is 78.9 Å². The number of unbranched alkanes of at least 4 members (excludes halogenated alkanes) is 39. The Labute approximate surface area is 466 Å². The number of hydrogen-bond donors (Lipinski definition) is 0. The first-order chi connectivity index (χ1) is 37.0. The van der Waals surface area contributed by atoms with Gasteiger partial charge in [-0.3, -0.25) is 14.4 Å². The first kappa shape index (κ1) is 72.1. The average Bonchev–Trinajstić information content (AvgIpc) is 3.41. The van der Waals surface area contributed by atoms with Gasteiger partial charge < -0.3 is 14.2 Å². The van der Waals surface area contributed by atoms with Gasteiger partial charge in [-0.15, -0.1) is 0 Å². The van der Waals surface area contributed by atoms with Crippen molar-refractivity contribution >= 4 is 17.9 Å². The molecule has 75 heavy (non-hydrogen) atoms. The van der Waals surface area contributed by atoms with Crippen molar-refractivity contribution in [1.82, 2.24) is 0 Å². The van der Waals surface area contributed by atoms with Gasteiger partial charge >= 0.3 is 17.9 Å². The average molecular weight is 1050 g/mol. The van der Waals surface area contributed by atoms with Crippen molar-refractivity contribution in [2.75, 3.05) is 13.2 Å². The van der Waals surface area contributed by atoms with Gasteiger partial charge in [-0.05, 0) is 64.2 Å². The fourth-order valence-electron chi connectivity index (χ4n) is 9.65. The smallest absolute Gasteiger partial charge is 0.306 e. The van der Waals surface area contributed by atoms with Crippen molar-refractivity contribution in [3.63, 3.8) is 0 Å². The maximum absolute atomic E-state index is 12.9. The van der Waals surface area contributed by atoms with Gasteiger partial charge in [0.05, 0.1) is 0 Å². The molecule has 0 saturated carbocycles. The maximum atomic E-state index is 12.9. The third-order valence-corrected chi connectivity index (χ3v) is 14.5. The van der Waals surface area contributed by atoms with E-state index in [1.165, 1.54) is 212 Å². The van der Waals surface area contributed by atoms with Crippen molar-refractivity contribution in [1.29, 1.82) is 0 Å². The molecule has 436 valence electrons. The van der Waals surface area contributed by atoms with Gasteiger partial charge in [0.15, 0.2) is 6.10 Å². The lowest BCUT2D eigenvalue weighted by Gasteiger charge is -2.18. The minimum Gasteiger partial charge on any atom is -0.462 e. The minimum atomic E-state index is -0.770. The standard InChI is InChI=1S/C69H124O6/c1-4-7-10-13-16-19-22-25-27-29-30-31-32-33-34-35-36-37-38-39-40-41-43-44-47-50-53-56-59-62-68(71)74-65-66(64-73-67(70)61-58-55-52-49-46-24-21-18-15-12-9-6-3)75-69(72)63-60-57-54-51-48-45-42-28-26-23-20-17-14-11-8-5-2/h7,10,16,19,25,27,30-31,33-34,66H,4-6,8-9,11-15,17-18,20-24,26,28-29,32,35-65H2,1-3H3/b10-7-,19-16-,27-25-,31-30-,34-33-. The van der Waals surface area contributed by atoms with Gasteiger partial charge in [-0.25, -0.2) is 0 Å². The molecule has 0 aromatic heterocycles. The fraction of sp³-hybridized carbons (Fsp3) is 0.812. The number of allylic oxidation sites excluding steroid dienone is 10. The summed E-state index contributed by atoms with van der Waals surface area (Å²) in [5, 5.41) is 0. The zero-order chi connectivity index (χ0) is 54.3. The summed E-state index contributed by atoms with van der Waals surface area (Å²) >= 11 is 0. The Bertz CT molecular complexity index is 1340. The lowest BCUT2D eigenvalue weighted by atomic mass is 10.0. The Hall–Kier alpha value is -2.89. The second-order valence-corrected chi connectivity index (χ2v) is 22.0. The lowest BCUT2D eigenvalue weighted by molar-refractivity contribution is -0.167. The molecular formula is C69H124O6. The molecule has 6 heteroatoms. The lowest BCUT2D eigenvalue weighted by Crippen LogP contribution is -2.30. The molecule has 0 aliphatic heterocycles. The largest absolute Gasteiger partial charge is 0.462 e. The van der Waals surface area contributed by atoms with Crippen LogP contribution in [0.15, 0.2) is 60.8 Å². The van der Waals surface area contributed by atoms with Crippen LogP contribution in [0, 0.1) is 0 Å². The molecule has 1 unspecified atom stereocenters. The number of esters is 3. The van der Waals surface area contributed by atoms with Crippen molar-refractivity contribution in [3.05, 3.63) is 60.8 Å². The monoisotopic (exact) mass is 1050 g/mol. The SMILES string of the molecule is CC/C=C\C/C=C\C/C=C\C/C=C\C/C=C\CCCCCCCCCCCCCCCC(=O)OCC(COC(=O)CCCCCCCCCCCCCC)OC(=O)CCCCCCCCCCCCCCCCCC. The van der Waals surface area contributed by atoms with Crippen LogP contribution in [0.4, 0.5) is 0 Å². The van der Waals surface area contributed by atoms with Crippen molar-refractivity contribution in [3.8, 4) is 0 Å². The highest BCUT2D eigenvalue weighted by atomic mass is 16.6. The summed E-state index contributed by atoms with van der Waals surface area (Å²) < 4.78 is 16.9. The van der Waals surface area contributed by atoms with Crippen LogP contribution in [0.3, 0.4) is 0 Å². The van der Waals surface area contributed by atoms with E-state index in [9.17, 15) is 14.4 Å². The molecule has 1 atom stereocenters. The Morgan fingerprint density at radius 1 is 0.280 bits per heavy atom. The summed E-state index contributed by atoms with van der Waals surface area (Å²) in [5.41, 5.74) is 0. The molecule has 0 N–H and O–H groups in total. The molecule has 0 aliphatic rings. The number of carbonyl (C=O) groups excluding carboxylic acids is 3. The molecule has 0 fully saturated rings. The Morgan fingerprint density at radius 3 is 0.813 bits per heavy atom. The van der Waals surface area contributed by atoms with Crippen molar-refractivity contribution in [2.45, 2.75) is 348 Å². The van der Waals surface area contributed by atoms with Gasteiger partial charge in [-0.2, -0.15) is 0 Å². The third kappa shape index (κ3) is 61.8. The highest BCUT2D eigenvalue weighted by molar-refractivity contribution is 5.71. The van der Waals surface area contributed by atoms with Gasteiger partial charge in [0.1, 0.15) is 13.2 Å². The summed E-state index contributed by atoms with van der Waals surface area (Å²) in [5.74, 6) is -0.847. The van der Waals surface area contributed by atoms with Crippen molar-refractivity contribution < 1.29 is 28.6 Å². The Balaban J connectivity index is 4.19. The van der Waals surface area contributed by atoms with Gasteiger partial charge in [0.25, 0.3) is 0 Å². The highest BCUT2D eigenvalue weighted by Gasteiger charge is 2.19. The third-order valence-electron chi connectivity index (χ3n) is 14.5. The minimum absolute atomic E-state index is 0.0680. The zero-order valence-electron chi connectivity index (χ0n) is 50.1. The normalized spacial score (nSPS) is 12.4. The molecule has 0 radical (unpaired) electrons. The van der Waals surface area contributed by atoms with E-state index in [0.29, 0.717) is 19.3 Å². The van der Waals surface area contributed by atoms with Gasteiger partial charge in [0, 0.05) is 19.3 Å². The van der Waals surface area contributed by atoms with E-state index in [-0.39, 0.29) is 31.1 Å². The quantitative estimate of drug-likeness (QED) is 0.0261. The Morgan fingerprint density at radius 2 is 0.520 bits per heavy atom. The predicted octanol–water partition coefficient (Wildman–Crippen LogP) is 22.3. The van der Waals surface area contributed by atoms with E-state index in [0.717, 1.165) is 89.9 Å². The summed E-state index contributed by atoms with van der Waals surface area (Å²) in [7, 11) is 0. The molecule has 0 amide bonds. The van der Waals surface area contributed by atoms with Crippen LogP contribution >= 0.6 is 0 Å². The molecule has 6 nitrogen and oxygen atoms in total. The van der Waals surface area contributed by atoms with Crippen LogP contribution in [-0.2, 0) is 28.6 Å². The van der Waals surface area contributed by atoms with Crippen LogP contribution in [0.1, 0.15) is 342 Å². The molecule has 0 heterocycles. The second-order valence-electron chi connectivity index (χ2n) is 22.0. The van der Waals surface area contributed by atoms with Crippen LogP contribution < -0.4 is 0 Å². The van der Waals surface area contributed by atoms with Crippen LogP contribution in [-0.4, -0.2) is 37.2 Å². The van der Waals surface area contributed by atoms with Crippen LogP contribution in [0.5, 0.6) is 0 Å². The fourth-order valence-corrected chi connectivity index (χ4v) is 9.65. The number of ether oxygens (including phenoxy) is 3. The molecular weight excluding hydrogens is 925 g/mol. The molecule has 0 rings (SSSR count). The highest BCUT2D eigenvalue weighted by Crippen LogP contribution is 2.18. The molecule has 0 saturated heterocycles. The van der Waals surface area contributed by atoms with E-state index < -0.39 is 6.10 Å². The van der Waals surface area contributed by atoms with E-state index >= 15 is 0 Å². The van der Waals surface area contributed by atoms with E-state index in [1.54, 1.807) is 0 Å². The van der Waals surface area contributed by atoms with Crippen LogP contribution in [0.2, 0.25) is 0 Å².